The zero-order valence-electron chi connectivity index (χ0n) is 29.3. The van der Waals surface area contributed by atoms with Crippen molar-refractivity contribution in [2.75, 3.05) is 13.2 Å². The predicted molar refractivity (Wildman–Crippen MR) is 180 cm³/mol. The summed E-state index contributed by atoms with van der Waals surface area (Å²) in [4.78, 5) is 31.7. The van der Waals surface area contributed by atoms with Gasteiger partial charge in [0.25, 0.3) is 15.9 Å². The molecular formula is C33H43ClF3N7O6S. The lowest BCUT2D eigenvalue weighted by atomic mass is 9.93. The van der Waals surface area contributed by atoms with Gasteiger partial charge in [-0.1, -0.05) is 11.6 Å². The third-order valence-corrected chi connectivity index (χ3v) is 10.5. The number of alkyl halides is 3. The van der Waals surface area contributed by atoms with Gasteiger partial charge in [0.15, 0.2) is 10.8 Å². The predicted octanol–water partition coefficient (Wildman–Crippen LogP) is 6.33. The summed E-state index contributed by atoms with van der Waals surface area (Å²) in [5.74, 6) is -2.12. The van der Waals surface area contributed by atoms with Gasteiger partial charge in [-0.2, -0.15) is 26.7 Å². The second kappa shape index (κ2) is 14.3. The molecule has 0 spiro atoms. The number of ether oxygens (including phenoxy) is 2. The van der Waals surface area contributed by atoms with Crippen molar-refractivity contribution in [1.82, 2.24) is 34.2 Å². The van der Waals surface area contributed by atoms with E-state index in [1.165, 1.54) is 35.1 Å². The second-order valence-electron chi connectivity index (χ2n) is 14.8. The van der Waals surface area contributed by atoms with Gasteiger partial charge >= 0.3 is 12.3 Å². The number of carbonyl (C=O) groups excluding carboxylic acids is 2. The number of hydrogen-bond donors (Lipinski definition) is 1. The molecule has 13 nitrogen and oxygen atoms in total. The normalized spacial score (nSPS) is 20.4. The van der Waals surface area contributed by atoms with Crippen LogP contribution in [0.5, 0.6) is 5.88 Å². The van der Waals surface area contributed by atoms with Gasteiger partial charge in [0.2, 0.25) is 5.88 Å². The molecule has 1 N–H and O–H groups in total. The lowest BCUT2D eigenvalue weighted by molar-refractivity contribution is -0.151. The summed E-state index contributed by atoms with van der Waals surface area (Å²) in [7, 11) is -4.37. The van der Waals surface area contributed by atoms with Crippen LogP contribution in [0.15, 0.2) is 35.5 Å². The third kappa shape index (κ3) is 9.53. The number of aryl methyl sites for hydroxylation is 2. The highest BCUT2D eigenvalue weighted by molar-refractivity contribution is 7.90. The van der Waals surface area contributed by atoms with Crippen LogP contribution in [0.1, 0.15) is 82.8 Å². The Morgan fingerprint density at radius 1 is 1.12 bits per heavy atom. The van der Waals surface area contributed by atoms with Crippen molar-refractivity contribution < 1.29 is 40.7 Å². The smallest absolute Gasteiger partial charge is 0.410 e. The third-order valence-electron chi connectivity index (χ3n) is 8.98. The van der Waals surface area contributed by atoms with Crippen LogP contribution in [0.4, 0.5) is 18.0 Å². The van der Waals surface area contributed by atoms with Crippen LogP contribution in [0.2, 0.25) is 5.15 Å². The minimum absolute atomic E-state index is 0.0724. The number of carbonyl (C=O) groups is 2. The topological polar surface area (TPSA) is 151 Å². The lowest BCUT2D eigenvalue weighted by Crippen LogP contribution is -2.45. The van der Waals surface area contributed by atoms with E-state index in [0.29, 0.717) is 25.2 Å². The standard InChI is InChI=1S/C33H43ClF3N7O6S/c1-20-16-27(40-43(20)13-7-8-21-18-32(5,6)42(19-21)30(46)50-31(2,3)4)51(47,48)41-29(45)23-9-10-25(38-28(23)34)44-14-11-26(39-44)49-15-12-22-17-24(22)33(35,36)37/h9-11,14,16,21-22,24H,7-8,12-13,15,17-19H2,1-6H3,(H,41,45). The minimum atomic E-state index is -4.37. The van der Waals surface area contributed by atoms with Crippen molar-refractivity contribution in [2.45, 2.75) is 103 Å². The van der Waals surface area contributed by atoms with Gasteiger partial charge in [-0.3, -0.25) is 9.48 Å². The van der Waals surface area contributed by atoms with E-state index in [2.05, 4.69) is 15.2 Å². The number of rotatable bonds is 12. The van der Waals surface area contributed by atoms with Gasteiger partial charge < -0.3 is 14.4 Å². The van der Waals surface area contributed by atoms with E-state index >= 15 is 0 Å². The molecule has 0 aromatic carbocycles. The fourth-order valence-electron chi connectivity index (χ4n) is 6.33. The van der Waals surface area contributed by atoms with Gasteiger partial charge in [0, 0.05) is 42.7 Å². The summed E-state index contributed by atoms with van der Waals surface area (Å²) < 4.78 is 80.4. The van der Waals surface area contributed by atoms with Gasteiger partial charge in [0.05, 0.1) is 18.1 Å². The Morgan fingerprint density at radius 3 is 2.49 bits per heavy atom. The van der Waals surface area contributed by atoms with Crippen molar-refractivity contribution in [1.29, 1.82) is 0 Å². The molecule has 3 unspecified atom stereocenters. The van der Waals surface area contributed by atoms with E-state index in [1.807, 2.05) is 39.3 Å². The van der Waals surface area contributed by atoms with Gasteiger partial charge in [0.1, 0.15) is 10.8 Å². The van der Waals surface area contributed by atoms with Gasteiger partial charge in [-0.05, 0) is 97.6 Å². The Morgan fingerprint density at radius 2 is 1.84 bits per heavy atom. The molecule has 2 amide bonds. The first-order valence-electron chi connectivity index (χ1n) is 16.7. The summed E-state index contributed by atoms with van der Waals surface area (Å²) in [5.41, 5.74) is -0.549. The summed E-state index contributed by atoms with van der Waals surface area (Å²) in [5, 5.41) is 7.81. The molecule has 1 saturated heterocycles. The highest BCUT2D eigenvalue weighted by Gasteiger charge is 2.55. The van der Waals surface area contributed by atoms with Gasteiger partial charge in [-0.25, -0.2) is 19.2 Å². The summed E-state index contributed by atoms with van der Waals surface area (Å²) >= 11 is 6.26. The van der Waals surface area contributed by atoms with Crippen LogP contribution in [0.3, 0.4) is 0 Å². The van der Waals surface area contributed by atoms with E-state index < -0.39 is 39.5 Å². The molecular weight excluding hydrogens is 715 g/mol. The molecule has 51 heavy (non-hydrogen) atoms. The number of aromatic nitrogens is 5. The van der Waals surface area contributed by atoms with E-state index in [-0.39, 0.29) is 64.4 Å². The molecule has 2 fully saturated rings. The summed E-state index contributed by atoms with van der Waals surface area (Å²) in [6.07, 6.45) is -0.367. The molecule has 1 aliphatic carbocycles. The number of nitrogens with zero attached hydrogens (tertiary/aromatic N) is 6. The molecule has 0 bridgehead atoms. The molecule has 280 valence electrons. The molecule has 5 rings (SSSR count). The first-order chi connectivity index (χ1) is 23.6. The number of sulfonamides is 1. The van der Waals surface area contributed by atoms with E-state index in [4.69, 9.17) is 21.1 Å². The van der Waals surface area contributed by atoms with Crippen LogP contribution >= 0.6 is 11.6 Å². The summed E-state index contributed by atoms with van der Waals surface area (Å²) in [6, 6.07) is 5.57. The van der Waals surface area contributed by atoms with Gasteiger partial charge in [-0.15, -0.1) is 5.10 Å². The number of halogens is 4. The quantitative estimate of drug-likeness (QED) is 0.209. The Hall–Kier alpha value is -3.86. The van der Waals surface area contributed by atoms with Crippen molar-refractivity contribution in [3.05, 3.63) is 46.9 Å². The number of amides is 2. The first kappa shape index (κ1) is 38.4. The molecule has 18 heteroatoms. The van der Waals surface area contributed by atoms with Crippen LogP contribution in [0, 0.1) is 24.7 Å². The van der Waals surface area contributed by atoms with Crippen molar-refractivity contribution in [3.8, 4) is 11.7 Å². The Kier molecular flexibility index (Phi) is 10.7. The van der Waals surface area contributed by atoms with Crippen LogP contribution in [-0.4, -0.2) is 80.3 Å². The average Bonchev–Trinajstić information content (AvgIpc) is 3.29. The van der Waals surface area contributed by atoms with Crippen LogP contribution < -0.4 is 9.46 Å². The Balaban J connectivity index is 1.13. The van der Waals surface area contributed by atoms with Crippen LogP contribution in [0.25, 0.3) is 5.82 Å². The number of likely N-dealkylation sites (tertiary alicyclic amines) is 1. The molecule has 4 heterocycles. The lowest BCUT2D eigenvalue weighted by Gasteiger charge is -2.33. The number of nitrogens with one attached hydrogen (secondary N) is 1. The molecule has 1 saturated carbocycles. The zero-order valence-corrected chi connectivity index (χ0v) is 30.9. The Bertz CT molecular complexity index is 1870. The maximum Gasteiger partial charge on any atom is 0.410 e. The van der Waals surface area contributed by atoms with E-state index in [1.54, 1.807) is 16.5 Å². The monoisotopic (exact) mass is 757 g/mol. The number of pyridine rings is 1. The molecule has 1 aliphatic heterocycles. The van der Waals surface area contributed by atoms with E-state index in [9.17, 15) is 31.2 Å². The molecule has 2 aliphatic rings. The largest absolute Gasteiger partial charge is 0.477 e. The van der Waals surface area contributed by atoms with Crippen LogP contribution in [-0.2, 0) is 21.3 Å². The highest BCUT2D eigenvalue weighted by atomic mass is 35.5. The fraction of sp³-hybridized carbons (Fsp3) is 0.606. The molecule has 0 radical (unpaired) electrons. The Labute approximate surface area is 299 Å². The molecule has 3 aromatic rings. The van der Waals surface area contributed by atoms with Crippen molar-refractivity contribution in [3.63, 3.8) is 0 Å². The van der Waals surface area contributed by atoms with Crippen molar-refractivity contribution in [2.24, 2.45) is 17.8 Å². The summed E-state index contributed by atoms with van der Waals surface area (Å²) in [6.45, 7) is 12.3. The van der Waals surface area contributed by atoms with E-state index in [0.717, 1.165) is 12.8 Å². The maximum atomic E-state index is 13.1. The highest BCUT2D eigenvalue weighted by Crippen LogP contribution is 2.51. The molecule has 3 aromatic heterocycles. The first-order valence-corrected chi connectivity index (χ1v) is 18.5. The zero-order chi connectivity index (χ0) is 37.5. The fourth-order valence-corrected chi connectivity index (χ4v) is 7.56. The minimum Gasteiger partial charge on any atom is -0.477 e. The van der Waals surface area contributed by atoms with Crippen molar-refractivity contribution >= 4 is 33.6 Å². The maximum absolute atomic E-state index is 13.1. The number of hydrogen-bond acceptors (Lipinski definition) is 9. The molecule has 3 atom stereocenters. The average molecular weight is 758 g/mol. The SMILES string of the molecule is Cc1cc(S(=O)(=O)NC(=O)c2ccc(-n3ccc(OCCC4CC4C(F)(F)F)n3)nc2Cl)nn1CCCC1CN(C(=O)OC(C)(C)C)C(C)(C)C1. The second-order valence-corrected chi connectivity index (χ2v) is 16.8.